The Kier molecular flexibility index (Phi) is 29.2. The van der Waals surface area contributed by atoms with Gasteiger partial charge in [0, 0.05) is 204 Å². The van der Waals surface area contributed by atoms with Crippen molar-refractivity contribution < 1.29 is 51.4 Å². The van der Waals surface area contributed by atoms with Gasteiger partial charge in [0.05, 0.1) is 58.8 Å². The number of thioether (sulfide) groups is 1. The smallest absolute Gasteiger partial charge is 0.258 e. The van der Waals surface area contributed by atoms with E-state index in [1.54, 1.807) is 103 Å². The standard InChI is InChI=1S/C36H32F3N7O3.C36H39N9O2S.C35H35N9O3/c1-49-36(35(48)42-25-7-8-31-28(17-25)33(44-43-31)23-3-5-24(37)6-4-23)11-16-45(21-36)20-32(47)46-14-9-22(10-15-46)26-18-30(39)27(19-29(26)38)34-40-12-2-13-41-34;1-3-31-37-17-11-30(41-31)33-28-21-27(9-10-29(28)42-43-33)40-35(47)36(48-2)14-20-44(23-36)22-32(46)45-18-12-25(13-19-45)24-5-7-26(8-6-24)34-38-15-4-16-39-34;1-23-36-16-10-30(39-23)32-28-20-27(8-9-29(28)41-42-32)40-34(46)35(47-2)13-19-43(22-35)21-31(45)44-17-11-25(12-18-44)24-4-6-26(7-5-24)33-37-14-3-15-38-33/h2-9,12-13,17-19H,10-11,14-16,20-21H2,1H3,(H,42,48)(H,43,44);4-11,15-17,21,25H,3,12-14,18-20,22-23H2,1-2H3,(H,40,47)(H,42,43);3-11,14-16,20H,12-13,17-19,21-22H2,1-2H3,(H,40,46)(H,41,42)/t2*36-;35-/m000/s1. The number of hydrogen-bond donors (Lipinski definition) is 6. The number of H-pyrrole nitrogens is 3. The number of halogens is 3. The molecule has 6 aliphatic rings. The highest BCUT2D eigenvalue weighted by Crippen LogP contribution is 2.41. The van der Waals surface area contributed by atoms with Crippen LogP contribution in [0, 0.1) is 24.4 Å². The molecule has 0 aliphatic carbocycles. The number of amides is 6. The molecule has 15 aromatic rings. The summed E-state index contributed by atoms with van der Waals surface area (Å²) in [7, 11) is 3.03. The summed E-state index contributed by atoms with van der Waals surface area (Å²) >= 11 is 1.56. The van der Waals surface area contributed by atoms with Crippen LogP contribution in [0.1, 0.15) is 86.1 Å². The van der Waals surface area contributed by atoms with Gasteiger partial charge < -0.3 is 40.1 Å². The van der Waals surface area contributed by atoms with E-state index in [1.165, 1.54) is 42.8 Å². The zero-order valence-electron chi connectivity index (χ0n) is 80.1. The lowest BCUT2D eigenvalue weighted by molar-refractivity contribution is -0.138. The van der Waals surface area contributed by atoms with Gasteiger partial charge in [-0.1, -0.05) is 67.6 Å². The molecule has 3 atom stereocenters. The van der Waals surface area contributed by atoms with Crippen molar-refractivity contribution in [2.24, 2.45) is 0 Å². The summed E-state index contributed by atoms with van der Waals surface area (Å²) < 4.78 is 54.4. The number of likely N-dealkylation sites (tertiary alicyclic amines) is 4. The number of anilines is 3. The van der Waals surface area contributed by atoms with Gasteiger partial charge in [-0.25, -0.2) is 63.0 Å². The largest absolute Gasteiger partial charge is 0.367 e. The molecule has 6 amide bonds. The summed E-state index contributed by atoms with van der Waals surface area (Å²) in [5.74, 6) is 1.22. The zero-order chi connectivity index (χ0) is 99.6. The van der Waals surface area contributed by atoms with E-state index in [4.69, 9.17) is 9.47 Å². The van der Waals surface area contributed by atoms with Crippen molar-refractivity contribution in [3.05, 3.63) is 277 Å². The molecule has 4 saturated heterocycles. The minimum absolute atomic E-state index is 0.0171. The Bertz CT molecular complexity index is 7310. The highest BCUT2D eigenvalue weighted by atomic mass is 32.2. The number of aryl methyl sites for hydroxylation is 2. The van der Waals surface area contributed by atoms with Crippen LogP contribution in [-0.4, -0.2) is 280 Å². The van der Waals surface area contributed by atoms with Crippen LogP contribution < -0.4 is 16.0 Å². The van der Waals surface area contributed by atoms with Gasteiger partial charge in [0.1, 0.15) is 45.2 Å². The SMILES string of the molecule is CCc1nccc(-c2n[nH]c3ccc(NC(=O)[C@]4(SC)CCN(CC(=O)N5CCC(c6ccc(-c7ncccn7)cc6)CC5)C4)cc23)n1.CO[C@@]1(C(=O)Nc2ccc3[nH]nc(-c4ccc(F)cc4)c3c2)CCN(CC(=O)N2CC=C(c3cc(F)c(-c4ncccn4)cc3F)CC2)C1.CO[C@@]1(C(=O)Nc2ccc3[nH]nc(-c4ccnc(C)n4)c3c2)CCN(CC(=O)N2CC=C(c3ccc(-c4ncccn4)cc3)CC2)C1. The second-order valence-electron chi connectivity index (χ2n) is 36.6. The average molecular weight is 1960 g/mol. The first kappa shape index (κ1) is 97.4. The van der Waals surface area contributed by atoms with E-state index in [9.17, 15) is 37.5 Å². The van der Waals surface area contributed by atoms with Crippen molar-refractivity contribution in [2.75, 3.05) is 135 Å². The predicted octanol–water partition coefficient (Wildman–Crippen LogP) is 14.8. The molecule has 6 aliphatic heterocycles. The summed E-state index contributed by atoms with van der Waals surface area (Å²) in [5.41, 5.74) is 12.7. The topological polar surface area (TPSA) is 391 Å². The fourth-order valence-electron chi connectivity index (χ4n) is 19.5. The molecule has 0 radical (unpaired) electrons. The van der Waals surface area contributed by atoms with E-state index < -0.39 is 27.6 Å². The molecule has 0 spiro atoms. The average Bonchev–Trinajstić information content (AvgIpc) is 1.73. The van der Waals surface area contributed by atoms with Crippen LogP contribution >= 0.6 is 11.8 Å². The number of piperidine rings is 1. The fourth-order valence-corrected chi connectivity index (χ4v) is 20.3. The Hall–Kier alpha value is -15.4. The maximum atomic E-state index is 15.1. The summed E-state index contributed by atoms with van der Waals surface area (Å²) in [5, 5.41) is 34.0. The number of carbonyl (C=O) groups is 6. The summed E-state index contributed by atoms with van der Waals surface area (Å²) in [4.78, 5) is 135. The molecular formula is C107H106F3N25O8S. The monoisotopic (exact) mass is 1960 g/mol. The van der Waals surface area contributed by atoms with E-state index in [-0.39, 0.29) is 84.4 Å². The molecular weight excluding hydrogens is 1850 g/mol. The first-order chi connectivity index (χ1) is 70.1. The van der Waals surface area contributed by atoms with E-state index in [2.05, 4.69) is 144 Å². The maximum Gasteiger partial charge on any atom is 0.258 e. The quantitative estimate of drug-likeness (QED) is 0.0309. The van der Waals surface area contributed by atoms with Gasteiger partial charge in [0.15, 0.2) is 28.7 Å². The number of nitrogens with one attached hydrogen (secondary N) is 6. The van der Waals surface area contributed by atoms with E-state index in [1.807, 2.05) is 112 Å². The number of ether oxygens (including phenoxy) is 2. The van der Waals surface area contributed by atoms with Gasteiger partial charge in [-0.3, -0.25) is 58.8 Å². The zero-order valence-corrected chi connectivity index (χ0v) is 80.9. The van der Waals surface area contributed by atoms with Gasteiger partial charge in [0.25, 0.3) is 11.8 Å². The number of methoxy groups -OCH3 is 2. The molecule has 4 fully saturated rings. The van der Waals surface area contributed by atoms with Gasteiger partial charge >= 0.3 is 0 Å². The van der Waals surface area contributed by atoms with Crippen LogP contribution in [0.4, 0.5) is 30.2 Å². The van der Waals surface area contributed by atoms with Crippen LogP contribution in [0.3, 0.4) is 0 Å². The lowest BCUT2D eigenvalue weighted by atomic mass is 9.89. The van der Waals surface area contributed by atoms with Gasteiger partial charge in [0.2, 0.25) is 23.6 Å². The van der Waals surface area contributed by atoms with Crippen molar-refractivity contribution in [3.63, 3.8) is 0 Å². The summed E-state index contributed by atoms with van der Waals surface area (Å²) in [6, 6.07) is 50.6. The molecule has 8 aromatic heterocycles. The van der Waals surface area contributed by atoms with Crippen molar-refractivity contribution in [2.45, 2.75) is 87.1 Å². The predicted molar refractivity (Wildman–Crippen MR) is 544 cm³/mol. The molecule has 0 saturated carbocycles. The van der Waals surface area contributed by atoms with Crippen LogP contribution in [0.15, 0.2) is 232 Å². The highest BCUT2D eigenvalue weighted by molar-refractivity contribution is 8.00. The Labute approximate surface area is 831 Å². The molecule has 14 heterocycles. The van der Waals surface area contributed by atoms with Crippen molar-refractivity contribution in [1.82, 2.24) is 110 Å². The number of hydrogen-bond acceptors (Lipinski definition) is 25. The Balaban J connectivity index is 0.000000137. The molecule has 0 unspecified atom stereocenters. The summed E-state index contributed by atoms with van der Waals surface area (Å²) in [6.45, 7) is 10.6. The Morgan fingerprint density at radius 1 is 0.438 bits per heavy atom. The van der Waals surface area contributed by atoms with Gasteiger partial charge in [-0.15, -0.1) is 11.8 Å². The van der Waals surface area contributed by atoms with E-state index >= 15 is 4.39 Å². The number of aromatic nitrogens is 16. The second kappa shape index (κ2) is 43.2. The van der Waals surface area contributed by atoms with E-state index in [0.717, 1.165) is 129 Å². The molecule has 734 valence electrons. The van der Waals surface area contributed by atoms with E-state index in [0.29, 0.717) is 142 Å². The number of nitrogens with zero attached hydrogens (tertiary/aromatic N) is 19. The number of carbonyl (C=O) groups excluding carboxylic acids is 6. The Morgan fingerprint density at radius 2 is 0.875 bits per heavy atom. The maximum absolute atomic E-state index is 15.1. The number of benzene rings is 7. The summed E-state index contributed by atoms with van der Waals surface area (Å²) in [6.07, 6.45) is 24.5. The van der Waals surface area contributed by atoms with Crippen LogP contribution in [-0.2, 0) is 44.7 Å². The Morgan fingerprint density at radius 3 is 1.38 bits per heavy atom. The lowest BCUT2D eigenvalue weighted by Gasteiger charge is -2.33. The lowest BCUT2D eigenvalue weighted by Crippen LogP contribution is -2.48. The molecule has 144 heavy (non-hydrogen) atoms. The molecule has 21 rings (SSSR count). The third-order valence-corrected chi connectivity index (χ3v) is 29.1. The second-order valence-corrected chi connectivity index (χ2v) is 37.8. The number of aromatic amines is 3. The van der Waals surface area contributed by atoms with Gasteiger partial charge in [-0.2, -0.15) is 15.3 Å². The first-order valence-corrected chi connectivity index (χ1v) is 49.1. The third-order valence-electron chi connectivity index (χ3n) is 27.8. The number of rotatable bonds is 25. The normalized spacial score (nSPS) is 18.4. The first-order valence-electron chi connectivity index (χ1n) is 47.9. The highest BCUT2D eigenvalue weighted by Gasteiger charge is 2.49. The van der Waals surface area contributed by atoms with Crippen LogP contribution in [0.5, 0.6) is 0 Å². The van der Waals surface area contributed by atoms with Crippen LogP contribution in [0.25, 0.3) is 112 Å². The molecule has 37 heteroatoms. The van der Waals surface area contributed by atoms with Crippen molar-refractivity contribution in [1.29, 1.82) is 0 Å². The van der Waals surface area contributed by atoms with Crippen molar-refractivity contribution >= 4 is 108 Å². The van der Waals surface area contributed by atoms with Crippen molar-refractivity contribution in [3.8, 4) is 68.2 Å². The molecule has 6 N–H and O–H groups in total. The third kappa shape index (κ3) is 21.5. The molecule has 33 nitrogen and oxygen atoms in total. The minimum atomic E-state index is -1.17. The van der Waals surface area contributed by atoms with Gasteiger partial charge in [-0.05, 0) is 208 Å². The number of fused-ring (bicyclic) bond motifs is 3. The molecule has 7 aromatic carbocycles. The molecule has 0 bridgehead atoms. The minimum Gasteiger partial charge on any atom is -0.367 e. The fraction of sp³-hybridized carbons (Fsp3) is 0.299. The van der Waals surface area contributed by atoms with Crippen LogP contribution in [0.2, 0.25) is 0 Å².